The first kappa shape index (κ1) is 13.8. The van der Waals surface area contributed by atoms with Gasteiger partial charge in [-0.2, -0.15) is 0 Å². The summed E-state index contributed by atoms with van der Waals surface area (Å²) in [6, 6.07) is 8.80. The molecule has 2 aromatic rings. The molecule has 0 fully saturated rings. The molecule has 1 N–H and O–H groups in total. The first-order valence-corrected chi connectivity index (χ1v) is 6.54. The summed E-state index contributed by atoms with van der Waals surface area (Å²) in [6.07, 6.45) is 4.51. The van der Waals surface area contributed by atoms with Gasteiger partial charge in [-0.25, -0.2) is 0 Å². The molecular weight excluding hydrogens is 283 g/mol. The molecule has 98 valence electrons. The Morgan fingerprint density at radius 2 is 1.84 bits per heavy atom. The quantitative estimate of drug-likeness (QED) is 0.927. The molecule has 0 atom stereocenters. The summed E-state index contributed by atoms with van der Waals surface area (Å²) >= 11 is 11.7. The maximum atomic E-state index is 11.8. The number of nitrogens with one attached hydrogen (secondary N) is 1. The van der Waals surface area contributed by atoms with Crippen LogP contribution >= 0.6 is 23.2 Å². The van der Waals surface area contributed by atoms with Gasteiger partial charge in [0.05, 0.1) is 10.0 Å². The van der Waals surface area contributed by atoms with Gasteiger partial charge in [-0.3, -0.25) is 9.78 Å². The van der Waals surface area contributed by atoms with Gasteiger partial charge in [-0.1, -0.05) is 23.2 Å². The van der Waals surface area contributed by atoms with Gasteiger partial charge in [-0.15, -0.1) is 0 Å². The minimum absolute atomic E-state index is 0.0600. The second-order valence-electron chi connectivity index (χ2n) is 4.03. The number of carbonyl (C=O) groups excluding carboxylic acids is 1. The minimum atomic E-state index is -0.0600. The lowest BCUT2D eigenvalue weighted by Gasteiger charge is -2.06. The number of benzene rings is 1. The number of aryl methyl sites for hydroxylation is 1. The van der Waals surface area contributed by atoms with Crippen molar-refractivity contribution in [3.05, 3.63) is 58.3 Å². The van der Waals surface area contributed by atoms with Gasteiger partial charge in [0.15, 0.2) is 0 Å². The summed E-state index contributed by atoms with van der Waals surface area (Å²) in [4.78, 5) is 15.7. The predicted octanol–water partition coefficient (Wildman–Crippen LogP) is 3.96. The van der Waals surface area contributed by atoms with Crippen molar-refractivity contribution in [1.82, 2.24) is 4.98 Å². The highest BCUT2D eigenvalue weighted by molar-refractivity contribution is 6.42. The van der Waals surface area contributed by atoms with Crippen molar-refractivity contribution in [1.29, 1.82) is 0 Å². The van der Waals surface area contributed by atoms with E-state index in [1.807, 2.05) is 12.1 Å². The molecule has 1 amide bonds. The standard InChI is InChI=1S/C14H12Cl2N2O/c15-12-3-2-11(9-13(12)16)18-14(19)4-1-10-5-7-17-8-6-10/h2-3,5-9H,1,4H2,(H,18,19). The Kier molecular flexibility index (Phi) is 4.77. The summed E-state index contributed by atoms with van der Waals surface area (Å²) in [7, 11) is 0. The third-order valence-corrected chi connectivity index (χ3v) is 3.33. The fourth-order valence-electron chi connectivity index (χ4n) is 1.60. The maximum absolute atomic E-state index is 11.8. The second kappa shape index (κ2) is 6.55. The van der Waals surface area contributed by atoms with E-state index in [1.165, 1.54) is 0 Å². The fourth-order valence-corrected chi connectivity index (χ4v) is 1.90. The lowest BCUT2D eigenvalue weighted by molar-refractivity contribution is -0.116. The number of hydrogen-bond donors (Lipinski definition) is 1. The first-order valence-electron chi connectivity index (χ1n) is 5.79. The van der Waals surface area contributed by atoms with Crippen LogP contribution in [0.15, 0.2) is 42.7 Å². The minimum Gasteiger partial charge on any atom is -0.326 e. The summed E-state index contributed by atoms with van der Waals surface area (Å²) in [6.45, 7) is 0. The number of pyridine rings is 1. The average Bonchev–Trinajstić information content (AvgIpc) is 2.42. The summed E-state index contributed by atoms with van der Waals surface area (Å²) < 4.78 is 0. The van der Waals surface area contributed by atoms with E-state index in [2.05, 4.69) is 10.3 Å². The van der Waals surface area contributed by atoms with Gasteiger partial charge in [0.25, 0.3) is 0 Å². The molecular formula is C14H12Cl2N2O. The van der Waals surface area contributed by atoms with E-state index in [-0.39, 0.29) is 5.91 Å². The maximum Gasteiger partial charge on any atom is 0.224 e. The summed E-state index contributed by atoms with van der Waals surface area (Å²) in [5.74, 6) is -0.0600. The SMILES string of the molecule is O=C(CCc1ccncc1)Nc1ccc(Cl)c(Cl)c1. The molecule has 1 aromatic heterocycles. The Morgan fingerprint density at radius 3 is 2.53 bits per heavy atom. The lowest BCUT2D eigenvalue weighted by Crippen LogP contribution is -2.12. The largest absolute Gasteiger partial charge is 0.326 e. The van der Waals surface area contributed by atoms with Crippen LogP contribution < -0.4 is 5.32 Å². The molecule has 0 aliphatic heterocycles. The molecule has 0 aliphatic carbocycles. The van der Waals surface area contributed by atoms with Crippen molar-refractivity contribution >= 4 is 34.8 Å². The third-order valence-electron chi connectivity index (χ3n) is 2.59. The Labute approximate surface area is 121 Å². The van der Waals surface area contributed by atoms with Crippen molar-refractivity contribution in [2.75, 3.05) is 5.32 Å². The Bertz CT molecular complexity index is 573. The number of halogens is 2. The van der Waals surface area contributed by atoms with Crippen molar-refractivity contribution in [2.45, 2.75) is 12.8 Å². The van der Waals surface area contributed by atoms with E-state index in [4.69, 9.17) is 23.2 Å². The van der Waals surface area contributed by atoms with Gasteiger partial charge in [0.2, 0.25) is 5.91 Å². The molecule has 3 nitrogen and oxygen atoms in total. The molecule has 0 saturated carbocycles. The lowest BCUT2D eigenvalue weighted by atomic mass is 10.1. The van der Waals surface area contributed by atoms with Crippen molar-refractivity contribution in [3.63, 3.8) is 0 Å². The zero-order valence-corrected chi connectivity index (χ0v) is 11.6. The van der Waals surface area contributed by atoms with E-state index in [9.17, 15) is 4.79 Å². The Hall–Kier alpha value is -1.58. The van der Waals surface area contributed by atoms with E-state index in [1.54, 1.807) is 30.6 Å². The zero-order valence-electron chi connectivity index (χ0n) is 10.1. The molecule has 1 aromatic carbocycles. The van der Waals surface area contributed by atoms with E-state index in [0.29, 0.717) is 28.6 Å². The Balaban J connectivity index is 1.89. The third kappa shape index (κ3) is 4.23. The van der Waals surface area contributed by atoms with Crippen LogP contribution in [0.3, 0.4) is 0 Å². The molecule has 0 unspecified atom stereocenters. The van der Waals surface area contributed by atoms with Crippen LogP contribution in [-0.4, -0.2) is 10.9 Å². The van der Waals surface area contributed by atoms with Gasteiger partial charge in [0.1, 0.15) is 0 Å². The molecule has 0 spiro atoms. The average molecular weight is 295 g/mol. The number of hydrogen-bond acceptors (Lipinski definition) is 2. The monoisotopic (exact) mass is 294 g/mol. The van der Waals surface area contributed by atoms with Crippen molar-refractivity contribution < 1.29 is 4.79 Å². The zero-order chi connectivity index (χ0) is 13.7. The van der Waals surface area contributed by atoms with E-state index < -0.39 is 0 Å². The number of aromatic nitrogens is 1. The number of anilines is 1. The number of carbonyl (C=O) groups is 1. The highest BCUT2D eigenvalue weighted by Crippen LogP contribution is 2.25. The van der Waals surface area contributed by atoms with Gasteiger partial charge in [0, 0.05) is 24.5 Å². The van der Waals surface area contributed by atoms with Crippen LogP contribution in [0.1, 0.15) is 12.0 Å². The first-order chi connectivity index (χ1) is 9.15. The molecule has 19 heavy (non-hydrogen) atoms. The molecule has 0 radical (unpaired) electrons. The fraction of sp³-hybridized carbons (Fsp3) is 0.143. The van der Waals surface area contributed by atoms with Crippen molar-refractivity contribution in [2.24, 2.45) is 0 Å². The summed E-state index contributed by atoms with van der Waals surface area (Å²) in [5, 5.41) is 3.68. The van der Waals surface area contributed by atoms with Gasteiger partial charge < -0.3 is 5.32 Å². The molecule has 0 aliphatic rings. The van der Waals surface area contributed by atoms with Crippen LogP contribution in [-0.2, 0) is 11.2 Å². The van der Waals surface area contributed by atoms with Gasteiger partial charge in [-0.05, 0) is 42.3 Å². The second-order valence-corrected chi connectivity index (χ2v) is 4.85. The van der Waals surface area contributed by atoms with Crippen LogP contribution in [0, 0.1) is 0 Å². The predicted molar refractivity (Wildman–Crippen MR) is 77.6 cm³/mol. The van der Waals surface area contributed by atoms with Crippen molar-refractivity contribution in [3.8, 4) is 0 Å². The number of nitrogens with zero attached hydrogens (tertiary/aromatic N) is 1. The number of rotatable bonds is 4. The highest BCUT2D eigenvalue weighted by atomic mass is 35.5. The topological polar surface area (TPSA) is 42.0 Å². The highest BCUT2D eigenvalue weighted by Gasteiger charge is 2.05. The Morgan fingerprint density at radius 1 is 1.11 bits per heavy atom. The van der Waals surface area contributed by atoms with Crippen LogP contribution in [0.25, 0.3) is 0 Å². The molecule has 2 rings (SSSR count). The van der Waals surface area contributed by atoms with Crippen LogP contribution in [0.5, 0.6) is 0 Å². The number of amides is 1. The smallest absolute Gasteiger partial charge is 0.224 e. The molecule has 1 heterocycles. The normalized spacial score (nSPS) is 10.2. The van der Waals surface area contributed by atoms with Gasteiger partial charge >= 0.3 is 0 Å². The molecule has 0 saturated heterocycles. The molecule has 5 heteroatoms. The molecule has 0 bridgehead atoms. The summed E-state index contributed by atoms with van der Waals surface area (Å²) in [5.41, 5.74) is 1.73. The van der Waals surface area contributed by atoms with E-state index >= 15 is 0 Å². The van der Waals surface area contributed by atoms with Crippen LogP contribution in [0.4, 0.5) is 5.69 Å². The van der Waals surface area contributed by atoms with E-state index in [0.717, 1.165) is 5.56 Å². The van der Waals surface area contributed by atoms with Crippen LogP contribution in [0.2, 0.25) is 10.0 Å².